The first-order chi connectivity index (χ1) is 7.70. The molecule has 2 fully saturated rings. The minimum Gasteiger partial charge on any atom is -0.296 e. The third kappa shape index (κ3) is 2.85. The van der Waals surface area contributed by atoms with Crippen LogP contribution in [0.15, 0.2) is 0 Å². The monoisotopic (exact) mass is 261 g/mol. The molecule has 0 radical (unpaired) electrons. The van der Waals surface area contributed by atoms with Gasteiger partial charge in [0, 0.05) is 23.9 Å². The van der Waals surface area contributed by atoms with E-state index in [2.05, 4.69) is 40.7 Å². The second-order valence-corrected chi connectivity index (χ2v) is 6.64. The standard InChI is InChI=1S/C10H20N4S2/c1-4-13-5-7-14(8-6-13)10-11-9(12(2)3)15-16-10/h9H,4-8H2,1-3H3/p+1. The first-order valence-corrected chi connectivity index (χ1v) is 8.02. The fraction of sp³-hybridized carbons (Fsp3) is 0.900. The quantitative estimate of drug-likeness (QED) is 0.576. The molecule has 0 aromatic rings. The van der Waals surface area contributed by atoms with E-state index in [1.54, 1.807) is 0 Å². The van der Waals surface area contributed by atoms with E-state index >= 15 is 0 Å². The number of rotatable bonds is 2. The Balaban J connectivity index is 1.92. The van der Waals surface area contributed by atoms with Crippen molar-refractivity contribution in [3.8, 4) is 0 Å². The molecule has 1 atom stereocenters. The fourth-order valence-electron chi connectivity index (χ4n) is 1.87. The van der Waals surface area contributed by atoms with Crippen LogP contribution in [0.1, 0.15) is 6.92 Å². The Morgan fingerprint density at radius 3 is 2.62 bits per heavy atom. The summed E-state index contributed by atoms with van der Waals surface area (Å²) in [5.74, 6) is 0. The van der Waals surface area contributed by atoms with E-state index in [1.807, 2.05) is 21.6 Å². The molecule has 0 aliphatic carbocycles. The van der Waals surface area contributed by atoms with Gasteiger partial charge >= 0.3 is 5.17 Å². The van der Waals surface area contributed by atoms with Gasteiger partial charge < -0.3 is 0 Å². The van der Waals surface area contributed by atoms with Crippen LogP contribution in [-0.2, 0) is 0 Å². The largest absolute Gasteiger partial charge is 0.319 e. The second-order valence-electron chi connectivity index (χ2n) is 4.37. The third-order valence-electron chi connectivity index (χ3n) is 3.04. The zero-order valence-electron chi connectivity index (χ0n) is 10.3. The number of hydrogen-bond acceptors (Lipinski definition) is 4. The number of hydrogen-bond donors (Lipinski definition) is 1. The first-order valence-electron chi connectivity index (χ1n) is 5.81. The smallest absolute Gasteiger partial charge is 0.296 e. The molecule has 0 aromatic heterocycles. The van der Waals surface area contributed by atoms with Gasteiger partial charge in [-0.3, -0.25) is 14.4 Å². The van der Waals surface area contributed by atoms with Crippen LogP contribution in [0, 0.1) is 0 Å². The Hall–Kier alpha value is 0.0900. The molecule has 2 saturated heterocycles. The molecular formula is C10H21N4S2+. The highest BCUT2D eigenvalue weighted by molar-refractivity contribution is 8.83. The summed E-state index contributed by atoms with van der Waals surface area (Å²) >= 11 is 0. The van der Waals surface area contributed by atoms with E-state index in [0.29, 0.717) is 5.50 Å². The van der Waals surface area contributed by atoms with Crippen LogP contribution >= 0.6 is 21.6 Å². The summed E-state index contributed by atoms with van der Waals surface area (Å²) in [6.07, 6.45) is 0. The van der Waals surface area contributed by atoms with Gasteiger partial charge in [0.05, 0.1) is 13.1 Å². The number of nitrogens with one attached hydrogen (secondary N) is 1. The van der Waals surface area contributed by atoms with Crippen molar-refractivity contribution in [2.45, 2.75) is 12.4 Å². The highest BCUT2D eigenvalue weighted by atomic mass is 33.1. The number of likely N-dealkylation sites (N-methyl/N-ethyl adjacent to an activating group) is 1. The maximum absolute atomic E-state index is 3.57. The molecule has 4 nitrogen and oxygen atoms in total. The Bertz CT molecular complexity index is 270. The lowest BCUT2D eigenvalue weighted by Crippen LogP contribution is -2.46. The molecule has 0 aromatic carbocycles. The van der Waals surface area contributed by atoms with Gasteiger partial charge in [-0.15, -0.1) is 0 Å². The molecule has 1 unspecified atom stereocenters. The van der Waals surface area contributed by atoms with Gasteiger partial charge in [0.2, 0.25) is 5.50 Å². The average molecular weight is 261 g/mol. The maximum atomic E-state index is 3.57. The highest BCUT2D eigenvalue weighted by Gasteiger charge is 2.32. The molecule has 0 saturated carbocycles. The molecule has 1 N–H and O–H groups in total. The molecule has 0 amide bonds. The Kier molecular flexibility index (Phi) is 4.41. The van der Waals surface area contributed by atoms with E-state index in [0.717, 1.165) is 13.1 Å². The van der Waals surface area contributed by atoms with Crippen LogP contribution in [0.4, 0.5) is 0 Å². The fourth-order valence-corrected chi connectivity index (χ4v) is 4.58. The van der Waals surface area contributed by atoms with Crippen molar-refractivity contribution in [3.63, 3.8) is 0 Å². The predicted molar refractivity (Wildman–Crippen MR) is 72.9 cm³/mol. The topological polar surface area (TPSA) is 21.5 Å². The van der Waals surface area contributed by atoms with Crippen LogP contribution in [0.3, 0.4) is 0 Å². The molecule has 2 heterocycles. The summed E-state index contributed by atoms with van der Waals surface area (Å²) in [5.41, 5.74) is 0.421. The molecule has 92 valence electrons. The number of piperazine rings is 1. The van der Waals surface area contributed by atoms with Gasteiger partial charge in [0.1, 0.15) is 0 Å². The summed E-state index contributed by atoms with van der Waals surface area (Å²) in [6.45, 7) is 8.12. The summed E-state index contributed by atoms with van der Waals surface area (Å²) in [7, 11) is 8.01. The Labute approximate surface area is 106 Å². The van der Waals surface area contributed by atoms with Crippen molar-refractivity contribution in [3.05, 3.63) is 0 Å². The van der Waals surface area contributed by atoms with Gasteiger partial charge in [-0.2, -0.15) is 0 Å². The van der Waals surface area contributed by atoms with Crippen LogP contribution < -0.4 is 5.32 Å². The first kappa shape index (κ1) is 12.5. The zero-order chi connectivity index (χ0) is 11.5. The van der Waals surface area contributed by atoms with E-state index in [-0.39, 0.29) is 0 Å². The molecular weight excluding hydrogens is 240 g/mol. The molecule has 2 aliphatic heterocycles. The predicted octanol–water partition coefficient (Wildman–Crippen LogP) is 0.520. The summed E-state index contributed by atoms with van der Waals surface area (Å²) < 4.78 is 2.48. The van der Waals surface area contributed by atoms with E-state index in [1.165, 1.54) is 24.8 Å². The normalized spacial score (nSPS) is 27.6. The van der Waals surface area contributed by atoms with Gasteiger partial charge in [-0.25, -0.2) is 5.32 Å². The molecule has 6 heteroatoms. The van der Waals surface area contributed by atoms with Crippen molar-refractivity contribution in [2.75, 3.05) is 46.8 Å². The minimum atomic E-state index is 0.421. The summed E-state index contributed by atoms with van der Waals surface area (Å²) in [5, 5.41) is 4.92. The van der Waals surface area contributed by atoms with Gasteiger partial charge in [-0.1, -0.05) is 6.92 Å². The zero-order valence-corrected chi connectivity index (χ0v) is 11.9. The van der Waals surface area contributed by atoms with Crippen molar-refractivity contribution in [1.29, 1.82) is 0 Å². The van der Waals surface area contributed by atoms with E-state index < -0.39 is 0 Å². The van der Waals surface area contributed by atoms with E-state index in [4.69, 9.17) is 0 Å². The minimum absolute atomic E-state index is 0.421. The number of amidine groups is 1. The lowest BCUT2D eigenvalue weighted by molar-refractivity contribution is -0.538. The molecule has 16 heavy (non-hydrogen) atoms. The molecule has 0 spiro atoms. The van der Waals surface area contributed by atoms with Crippen molar-refractivity contribution >= 4 is 26.8 Å². The van der Waals surface area contributed by atoms with Crippen LogP contribution in [0.2, 0.25) is 0 Å². The lowest BCUT2D eigenvalue weighted by Gasteiger charge is -2.26. The van der Waals surface area contributed by atoms with Crippen molar-refractivity contribution in [2.24, 2.45) is 0 Å². The molecule has 2 rings (SSSR count). The second kappa shape index (κ2) is 5.62. The number of nitrogens with zero attached hydrogens (tertiary/aromatic N) is 3. The SMILES string of the molecule is CCN1CC[N+](=C2NC(N(C)C)SS2)CC1. The lowest BCUT2D eigenvalue weighted by atomic mass is 10.3. The van der Waals surface area contributed by atoms with Gasteiger partial charge in [-0.05, 0) is 31.4 Å². The van der Waals surface area contributed by atoms with E-state index in [9.17, 15) is 0 Å². The maximum Gasteiger partial charge on any atom is 0.319 e. The van der Waals surface area contributed by atoms with Crippen LogP contribution in [0.5, 0.6) is 0 Å². The molecule has 0 bridgehead atoms. The van der Waals surface area contributed by atoms with Gasteiger partial charge in [0.15, 0.2) is 0 Å². The van der Waals surface area contributed by atoms with Crippen LogP contribution in [0.25, 0.3) is 0 Å². The van der Waals surface area contributed by atoms with Crippen molar-refractivity contribution in [1.82, 2.24) is 15.1 Å². The average Bonchev–Trinajstić information content (AvgIpc) is 2.78. The molecule has 2 aliphatic rings. The highest BCUT2D eigenvalue weighted by Crippen LogP contribution is 2.33. The summed E-state index contributed by atoms with van der Waals surface area (Å²) in [6, 6.07) is 0. The van der Waals surface area contributed by atoms with Crippen LogP contribution in [-0.4, -0.2) is 71.9 Å². The summed E-state index contributed by atoms with van der Waals surface area (Å²) in [4.78, 5) is 4.72. The Morgan fingerprint density at radius 2 is 2.12 bits per heavy atom. The Morgan fingerprint density at radius 1 is 1.44 bits per heavy atom. The third-order valence-corrected chi connectivity index (χ3v) is 5.70. The van der Waals surface area contributed by atoms with Gasteiger partial charge in [0.25, 0.3) is 0 Å². The van der Waals surface area contributed by atoms with Crippen molar-refractivity contribution < 1.29 is 4.58 Å².